The molecule has 2 rings (SSSR count). The molecule has 0 saturated heterocycles. The molecule has 7 heteroatoms. The van der Waals surface area contributed by atoms with E-state index >= 15 is 0 Å². The molecule has 4 N–H and O–H groups in total. The Balaban J connectivity index is 1.71. The number of amides is 2. The van der Waals surface area contributed by atoms with E-state index in [1.165, 1.54) is 64.2 Å². The highest BCUT2D eigenvalue weighted by atomic mass is 16.4. The summed E-state index contributed by atoms with van der Waals surface area (Å²) in [6, 6.07) is 5.84. The molecular weight excluding hydrogens is 502 g/mol. The van der Waals surface area contributed by atoms with Gasteiger partial charge in [0.15, 0.2) is 0 Å². The Morgan fingerprint density at radius 3 is 1.95 bits per heavy atom. The monoisotopic (exact) mass is 555 g/mol. The Hall–Kier alpha value is -2.83. The highest BCUT2D eigenvalue weighted by Crippen LogP contribution is 2.19. The van der Waals surface area contributed by atoms with Crippen molar-refractivity contribution in [2.24, 2.45) is 5.92 Å². The molecule has 0 radical (unpaired) electrons. The molecule has 1 heterocycles. The maximum atomic E-state index is 13.1. The summed E-state index contributed by atoms with van der Waals surface area (Å²) in [4.78, 5) is 40.9. The third-order valence-electron chi connectivity index (χ3n) is 7.58. The molecule has 0 bridgehead atoms. The van der Waals surface area contributed by atoms with Gasteiger partial charge in [0.2, 0.25) is 11.8 Å². The summed E-state index contributed by atoms with van der Waals surface area (Å²) < 4.78 is 0. The normalized spacial score (nSPS) is 12.9. The van der Waals surface area contributed by atoms with Crippen molar-refractivity contribution in [3.63, 3.8) is 0 Å². The number of para-hydroxylation sites is 1. The van der Waals surface area contributed by atoms with Crippen LogP contribution in [0, 0.1) is 5.92 Å². The molecule has 1 aromatic carbocycles. The van der Waals surface area contributed by atoms with Gasteiger partial charge >= 0.3 is 5.97 Å². The van der Waals surface area contributed by atoms with Crippen molar-refractivity contribution < 1.29 is 19.5 Å². The average molecular weight is 556 g/mol. The zero-order valence-electron chi connectivity index (χ0n) is 25.1. The van der Waals surface area contributed by atoms with Crippen molar-refractivity contribution in [1.29, 1.82) is 0 Å². The van der Waals surface area contributed by atoms with Crippen molar-refractivity contribution in [3.8, 4) is 0 Å². The van der Waals surface area contributed by atoms with Crippen LogP contribution in [0.5, 0.6) is 0 Å². The minimum Gasteiger partial charge on any atom is -0.480 e. The number of carboxylic acid groups (broad SMARTS) is 1. The molecule has 0 aliphatic carbocycles. The first-order chi connectivity index (χ1) is 19.3. The molecule has 7 nitrogen and oxygen atoms in total. The number of carbonyl (C=O) groups excluding carboxylic acids is 2. The number of rotatable bonds is 22. The second-order valence-corrected chi connectivity index (χ2v) is 11.7. The number of nitrogens with one attached hydrogen (secondary N) is 3. The second-order valence-electron chi connectivity index (χ2n) is 11.7. The Morgan fingerprint density at radius 2 is 1.38 bits per heavy atom. The maximum Gasteiger partial charge on any atom is 0.326 e. The molecule has 2 amide bonds. The quantitative estimate of drug-likeness (QED) is 0.114. The van der Waals surface area contributed by atoms with Gasteiger partial charge in [0.25, 0.3) is 0 Å². The fourth-order valence-corrected chi connectivity index (χ4v) is 5.27. The Bertz CT molecular complexity index is 1020. The molecular formula is C33H53N3O4. The van der Waals surface area contributed by atoms with Crippen molar-refractivity contribution in [2.75, 3.05) is 0 Å². The Kier molecular flexibility index (Phi) is 16.1. The lowest BCUT2D eigenvalue weighted by Crippen LogP contribution is -2.52. The summed E-state index contributed by atoms with van der Waals surface area (Å²) in [5, 5.41) is 16.3. The van der Waals surface area contributed by atoms with E-state index in [2.05, 4.69) is 22.5 Å². The largest absolute Gasteiger partial charge is 0.480 e. The fraction of sp³-hybridized carbons (Fsp3) is 0.667. The van der Waals surface area contributed by atoms with E-state index in [4.69, 9.17) is 0 Å². The molecule has 0 saturated carbocycles. The maximum absolute atomic E-state index is 13.1. The van der Waals surface area contributed by atoms with Gasteiger partial charge in [0.05, 0.1) is 0 Å². The standard InChI is InChI=1S/C33H53N3O4/c1-4-5-6-7-8-9-10-11-12-13-14-15-16-21-31(37)35-29(22-25(2)3)32(38)36-30(33(39)40)23-26-24-34-28-20-18-17-19-27(26)28/h17-20,24-25,29-30,34H,4-16,21-23H2,1-3H3,(H,35,37)(H,36,38)(H,39,40)/t29-,30-/m0/s1. The molecule has 40 heavy (non-hydrogen) atoms. The molecule has 224 valence electrons. The number of carboxylic acids is 1. The zero-order valence-corrected chi connectivity index (χ0v) is 25.1. The lowest BCUT2D eigenvalue weighted by molar-refractivity contribution is -0.142. The molecule has 2 atom stereocenters. The van der Waals surface area contributed by atoms with E-state index in [1.54, 1.807) is 6.20 Å². The van der Waals surface area contributed by atoms with Crippen LogP contribution in [0.25, 0.3) is 10.9 Å². The van der Waals surface area contributed by atoms with Crippen LogP contribution in [0.2, 0.25) is 0 Å². The molecule has 0 fully saturated rings. The molecule has 0 aliphatic rings. The van der Waals surface area contributed by atoms with Crippen LogP contribution >= 0.6 is 0 Å². The molecule has 0 spiro atoms. The van der Waals surface area contributed by atoms with Gasteiger partial charge < -0.3 is 20.7 Å². The number of carbonyl (C=O) groups is 3. The first-order valence-corrected chi connectivity index (χ1v) is 15.7. The van der Waals surface area contributed by atoms with Crippen LogP contribution in [-0.4, -0.2) is 40.0 Å². The highest BCUT2D eigenvalue weighted by molar-refractivity contribution is 5.91. The van der Waals surface area contributed by atoms with Crippen LogP contribution in [0.3, 0.4) is 0 Å². The van der Waals surface area contributed by atoms with E-state index in [1.807, 2.05) is 38.1 Å². The molecule has 0 aliphatic heterocycles. The molecule has 2 aromatic rings. The Labute approximate surface area is 241 Å². The topological polar surface area (TPSA) is 111 Å². The van der Waals surface area contributed by atoms with Crippen LogP contribution in [0.15, 0.2) is 30.5 Å². The van der Waals surface area contributed by atoms with Crippen molar-refractivity contribution >= 4 is 28.7 Å². The number of aromatic nitrogens is 1. The number of fused-ring (bicyclic) bond motifs is 1. The van der Waals surface area contributed by atoms with E-state index in [0.29, 0.717) is 12.8 Å². The van der Waals surface area contributed by atoms with Crippen LogP contribution in [-0.2, 0) is 20.8 Å². The summed E-state index contributed by atoms with van der Waals surface area (Å²) in [5.74, 6) is -1.52. The summed E-state index contributed by atoms with van der Waals surface area (Å²) in [5.41, 5.74) is 1.75. The van der Waals surface area contributed by atoms with E-state index in [9.17, 15) is 19.5 Å². The van der Waals surface area contributed by atoms with E-state index in [-0.39, 0.29) is 18.2 Å². The van der Waals surface area contributed by atoms with Gasteiger partial charge in [-0.1, -0.05) is 116 Å². The molecule has 1 aromatic heterocycles. The SMILES string of the molecule is CCCCCCCCCCCCCCCC(=O)N[C@@H](CC(C)C)C(=O)N[C@@H](Cc1c[nH]c2ccccc12)C(=O)O. The van der Waals surface area contributed by atoms with Gasteiger partial charge in [0.1, 0.15) is 12.1 Å². The summed E-state index contributed by atoms with van der Waals surface area (Å²) in [7, 11) is 0. The predicted molar refractivity (Wildman–Crippen MR) is 163 cm³/mol. The average Bonchev–Trinajstić information content (AvgIpc) is 3.33. The van der Waals surface area contributed by atoms with E-state index < -0.39 is 24.0 Å². The summed E-state index contributed by atoms with van der Waals surface area (Å²) >= 11 is 0. The van der Waals surface area contributed by atoms with Gasteiger partial charge in [-0.05, 0) is 30.4 Å². The summed E-state index contributed by atoms with van der Waals surface area (Å²) in [6.45, 7) is 6.22. The summed E-state index contributed by atoms with van der Waals surface area (Å²) in [6.07, 6.45) is 19.0. The fourth-order valence-electron chi connectivity index (χ4n) is 5.27. The number of benzene rings is 1. The van der Waals surface area contributed by atoms with Gasteiger partial charge in [-0.2, -0.15) is 0 Å². The number of hydrogen-bond acceptors (Lipinski definition) is 3. The number of unbranched alkanes of at least 4 members (excludes halogenated alkanes) is 12. The number of aliphatic carboxylic acids is 1. The number of H-pyrrole nitrogens is 1. The first-order valence-electron chi connectivity index (χ1n) is 15.7. The third-order valence-corrected chi connectivity index (χ3v) is 7.58. The van der Waals surface area contributed by atoms with Crippen LogP contribution < -0.4 is 10.6 Å². The van der Waals surface area contributed by atoms with E-state index in [0.717, 1.165) is 35.7 Å². The predicted octanol–water partition coefficient (Wildman–Crippen LogP) is 7.29. The van der Waals surface area contributed by atoms with Gasteiger partial charge in [0, 0.05) is 29.9 Å². The van der Waals surface area contributed by atoms with Crippen LogP contribution in [0.1, 0.15) is 123 Å². The van der Waals surface area contributed by atoms with Gasteiger partial charge in [-0.3, -0.25) is 9.59 Å². The number of aromatic amines is 1. The van der Waals surface area contributed by atoms with Crippen molar-refractivity contribution in [3.05, 3.63) is 36.0 Å². The molecule has 0 unspecified atom stereocenters. The smallest absolute Gasteiger partial charge is 0.326 e. The van der Waals surface area contributed by atoms with Gasteiger partial charge in [-0.25, -0.2) is 4.79 Å². The second kappa shape index (κ2) is 19.3. The minimum absolute atomic E-state index is 0.146. The van der Waals surface area contributed by atoms with Crippen LogP contribution in [0.4, 0.5) is 0 Å². The highest BCUT2D eigenvalue weighted by Gasteiger charge is 2.28. The Morgan fingerprint density at radius 1 is 0.800 bits per heavy atom. The minimum atomic E-state index is -1.10. The van der Waals surface area contributed by atoms with Crippen molar-refractivity contribution in [1.82, 2.24) is 15.6 Å². The third kappa shape index (κ3) is 13.0. The first kappa shape index (κ1) is 33.4. The van der Waals surface area contributed by atoms with Gasteiger partial charge in [-0.15, -0.1) is 0 Å². The lowest BCUT2D eigenvalue weighted by Gasteiger charge is -2.23. The zero-order chi connectivity index (χ0) is 29.2. The lowest BCUT2D eigenvalue weighted by atomic mass is 10.0. The number of hydrogen-bond donors (Lipinski definition) is 4. The van der Waals surface area contributed by atoms with Crippen molar-refractivity contribution in [2.45, 2.75) is 136 Å².